The molecule has 1 amide bonds. The van der Waals surface area contributed by atoms with Gasteiger partial charge in [-0.15, -0.1) is 0 Å². The number of nitrogens with one attached hydrogen (secondary N) is 2. The molecular formula is C14H14N2OS. The largest absolute Gasteiger partial charge is 0.355 e. The molecule has 92 valence electrons. The van der Waals surface area contributed by atoms with Crippen LogP contribution in [0, 0.1) is 0 Å². The molecule has 18 heavy (non-hydrogen) atoms. The number of hydrogen-bond donors (Lipinski definition) is 2. The lowest BCUT2D eigenvalue weighted by Gasteiger charge is -2.09. The van der Waals surface area contributed by atoms with Crippen LogP contribution in [0.25, 0.3) is 0 Å². The molecular weight excluding hydrogens is 244 g/mol. The van der Waals surface area contributed by atoms with Crippen molar-refractivity contribution in [3.63, 3.8) is 0 Å². The van der Waals surface area contributed by atoms with Crippen LogP contribution in [0.2, 0.25) is 0 Å². The van der Waals surface area contributed by atoms with E-state index in [0.29, 0.717) is 5.56 Å². The molecule has 0 spiro atoms. The van der Waals surface area contributed by atoms with Gasteiger partial charge in [0.15, 0.2) is 0 Å². The first kappa shape index (κ1) is 12.5. The smallest absolute Gasteiger partial charge is 0.252 e. The number of para-hydroxylation sites is 1. The van der Waals surface area contributed by atoms with Gasteiger partial charge in [-0.25, -0.2) is 0 Å². The SMILES string of the molecule is CNC(=O)c1ccccc1SNc1ccccc1. The van der Waals surface area contributed by atoms with Crippen LogP contribution >= 0.6 is 11.9 Å². The molecule has 0 aliphatic heterocycles. The predicted octanol–water partition coefficient (Wildman–Crippen LogP) is 3.17. The molecule has 2 rings (SSSR count). The molecule has 0 saturated carbocycles. The van der Waals surface area contributed by atoms with Crippen LogP contribution < -0.4 is 10.0 Å². The quantitative estimate of drug-likeness (QED) is 0.828. The second kappa shape index (κ2) is 6.12. The third-order valence-corrected chi connectivity index (χ3v) is 3.33. The first-order valence-electron chi connectivity index (χ1n) is 5.60. The van der Waals surface area contributed by atoms with E-state index in [2.05, 4.69) is 10.0 Å². The Balaban J connectivity index is 2.12. The molecule has 4 heteroatoms. The Morgan fingerprint density at radius 3 is 2.39 bits per heavy atom. The predicted molar refractivity (Wildman–Crippen MR) is 75.8 cm³/mol. The lowest BCUT2D eigenvalue weighted by atomic mass is 10.2. The molecule has 0 fully saturated rings. The van der Waals surface area contributed by atoms with Crippen LogP contribution in [-0.4, -0.2) is 13.0 Å². The maximum atomic E-state index is 11.7. The third kappa shape index (κ3) is 3.05. The van der Waals surface area contributed by atoms with Crippen LogP contribution in [0.15, 0.2) is 59.5 Å². The molecule has 0 atom stereocenters. The molecule has 0 radical (unpaired) electrons. The van der Waals surface area contributed by atoms with Gasteiger partial charge in [0.05, 0.1) is 5.56 Å². The summed E-state index contributed by atoms with van der Waals surface area (Å²) in [6, 6.07) is 17.4. The highest BCUT2D eigenvalue weighted by atomic mass is 32.2. The minimum atomic E-state index is -0.0760. The number of amides is 1. The number of hydrogen-bond acceptors (Lipinski definition) is 3. The zero-order chi connectivity index (χ0) is 12.8. The van der Waals surface area contributed by atoms with Gasteiger partial charge in [-0.05, 0) is 36.2 Å². The van der Waals surface area contributed by atoms with Crippen LogP contribution in [0.1, 0.15) is 10.4 Å². The highest BCUT2D eigenvalue weighted by Gasteiger charge is 2.09. The Bertz CT molecular complexity index is 528. The Kier molecular flexibility index (Phi) is 4.25. The van der Waals surface area contributed by atoms with Crippen LogP contribution in [-0.2, 0) is 0 Å². The van der Waals surface area contributed by atoms with Crippen molar-refractivity contribution in [1.82, 2.24) is 5.32 Å². The van der Waals surface area contributed by atoms with Gasteiger partial charge in [0.25, 0.3) is 5.91 Å². The summed E-state index contributed by atoms with van der Waals surface area (Å²) in [6.45, 7) is 0. The first-order chi connectivity index (χ1) is 8.81. The van der Waals surface area contributed by atoms with Crippen molar-refractivity contribution in [1.29, 1.82) is 0 Å². The fourth-order valence-electron chi connectivity index (χ4n) is 1.50. The number of benzene rings is 2. The average molecular weight is 258 g/mol. The van der Waals surface area contributed by atoms with Crippen LogP contribution in [0.4, 0.5) is 5.69 Å². The van der Waals surface area contributed by atoms with E-state index in [-0.39, 0.29) is 5.91 Å². The van der Waals surface area contributed by atoms with Crippen molar-refractivity contribution in [2.45, 2.75) is 4.90 Å². The third-order valence-electron chi connectivity index (χ3n) is 2.41. The van der Waals surface area contributed by atoms with Crippen molar-refractivity contribution in [2.75, 3.05) is 11.8 Å². The topological polar surface area (TPSA) is 41.1 Å². The molecule has 0 heterocycles. The fourth-order valence-corrected chi connectivity index (χ4v) is 2.28. The normalized spacial score (nSPS) is 9.83. The van der Waals surface area contributed by atoms with E-state index < -0.39 is 0 Å². The maximum Gasteiger partial charge on any atom is 0.252 e. The molecule has 0 bridgehead atoms. The van der Waals surface area contributed by atoms with Gasteiger partial charge in [-0.2, -0.15) is 0 Å². The first-order valence-corrected chi connectivity index (χ1v) is 6.42. The molecule has 0 unspecified atom stereocenters. The van der Waals surface area contributed by atoms with Crippen molar-refractivity contribution in [3.8, 4) is 0 Å². The lowest BCUT2D eigenvalue weighted by Crippen LogP contribution is -2.18. The summed E-state index contributed by atoms with van der Waals surface area (Å²) in [5.74, 6) is -0.0760. The lowest BCUT2D eigenvalue weighted by molar-refractivity contribution is 0.0960. The molecule has 2 N–H and O–H groups in total. The van der Waals surface area contributed by atoms with E-state index in [9.17, 15) is 4.79 Å². The van der Waals surface area contributed by atoms with Crippen molar-refractivity contribution >= 4 is 23.5 Å². The summed E-state index contributed by atoms with van der Waals surface area (Å²) < 4.78 is 3.22. The molecule has 2 aromatic carbocycles. The number of anilines is 1. The fraction of sp³-hybridized carbons (Fsp3) is 0.0714. The summed E-state index contributed by atoms with van der Waals surface area (Å²) in [7, 11) is 1.63. The van der Waals surface area contributed by atoms with Gasteiger partial charge in [0.2, 0.25) is 0 Å². The maximum absolute atomic E-state index is 11.7. The van der Waals surface area contributed by atoms with E-state index in [4.69, 9.17) is 0 Å². The molecule has 0 aliphatic rings. The van der Waals surface area contributed by atoms with Gasteiger partial charge in [0.1, 0.15) is 0 Å². The molecule has 0 saturated heterocycles. The van der Waals surface area contributed by atoms with Gasteiger partial charge in [-0.1, -0.05) is 30.3 Å². The number of carbonyl (C=O) groups excluding carboxylic acids is 1. The van der Waals surface area contributed by atoms with E-state index in [1.165, 1.54) is 11.9 Å². The zero-order valence-corrected chi connectivity index (χ0v) is 10.8. The van der Waals surface area contributed by atoms with Gasteiger partial charge < -0.3 is 10.0 Å². The minimum Gasteiger partial charge on any atom is -0.355 e. The summed E-state index contributed by atoms with van der Waals surface area (Å²) in [5.41, 5.74) is 1.68. The summed E-state index contributed by atoms with van der Waals surface area (Å²) >= 11 is 1.43. The second-order valence-electron chi connectivity index (χ2n) is 3.65. The van der Waals surface area contributed by atoms with Gasteiger partial charge >= 0.3 is 0 Å². The van der Waals surface area contributed by atoms with Gasteiger partial charge in [-0.3, -0.25) is 4.79 Å². The van der Waals surface area contributed by atoms with Crippen LogP contribution in [0.5, 0.6) is 0 Å². The molecule has 3 nitrogen and oxygen atoms in total. The van der Waals surface area contributed by atoms with Gasteiger partial charge in [0, 0.05) is 17.6 Å². The Hall–Kier alpha value is -1.94. The Morgan fingerprint density at radius 1 is 1.00 bits per heavy atom. The minimum absolute atomic E-state index is 0.0760. The summed E-state index contributed by atoms with van der Waals surface area (Å²) in [4.78, 5) is 12.6. The van der Waals surface area contributed by atoms with Crippen molar-refractivity contribution < 1.29 is 4.79 Å². The van der Waals surface area contributed by atoms with E-state index in [0.717, 1.165) is 10.6 Å². The molecule has 0 aliphatic carbocycles. The standard InChI is InChI=1S/C14H14N2OS/c1-15-14(17)12-9-5-6-10-13(12)18-16-11-7-3-2-4-8-11/h2-10,16H,1H3,(H,15,17). The average Bonchev–Trinajstić information content (AvgIpc) is 2.45. The number of carbonyl (C=O) groups is 1. The van der Waals surface area contributed by atoms with E-state index in [1.54, 1.807) is 7.05 Å². The monoisotopic (exact) mass is 258 g/mol. The summed E-state index contributed by atoms with van der Waals surface area (Å²) in [6.07, 6.45) is 0. The van der Waals surface area contributed by atoms with E-state index >= 15 is 0 Å². The Morgan fingerprint density at radius 2 is 1.67 bits per heavy atom. The highest BCUT2D eigenvalue weighted by Crippen LogP contribution is 2.24. The molecule has 2 aromatic rings. The molecule has 0 aromatic heterocycles. The van der Waals surface area contributed by atoms with Crippen molar-refractivity contribution in [2.24, 2.45) is 0 Å². The van der Waals surface area contributed by atoms with Crippen LogP contribution in [0.3, 0.4) is 0 Å². The Labute approximate surface area is 111 Å². The van der Waals surface area contributed by atoms with Crippen molar-refractivity contribution in [3.05, 3.63) is 60.2 Å². The summed E-state index contributed by atoms with van der Waals surface area (Å²) in [5, 5.41) is 2.64. The second-order valence-corrected chi connectivity index (χ2v) is 4.49. The zero-order valence-electron chi connectivity index (χ0n) is 10.0. The number of rotatable bonds is 4. The highest BCUT2D eigenvalue weighted by molar-refractivity contribution is 8.00. The van der Waals surface area contributed by atoms with E-state index in [1.807, 2.05) is 54.6 Å².